The van der Waals surface area contributed by atoms with Crippen molar-refractivity contribution >= 4 is 0 Å². The first-order chi connectivity index (χ1) is 9.20. The second-order valence-electron chi connectivity index (χ2n) is 6.35. The van der Waals surface area contributed by atoms with Crippen LogP contribution in [0.25, 0.3) is 0 Å². The molecule has 0 aromatic carbocycles. The molecule has 0 amide bonds. The standard InChI is InChI=1S/C15H31N3O/c1-13(2)16-10-15(12-19-3)18-9-6-14(11-18)17-7-4-5-8-17/h13-16H,4-12H2,1-3H3. The lowest BCUT2D eigenvalue weighted by molar-refractivity contribution is 0.0972. The van der Waals surface area contributed by atoms with E-state index in [0.29, 0.717) is 12.1 Å². The van der Waals surface area contributed by atoms with Gasteiger partial charge in [0.1, 0.15) is 0 Å². The largest absolute Gasteiger partial charge is 0.383 e. The van der Waals surface area contributed by atoms with E-state index < -0.39 is 0 Å². The van der Waals surface area contributed by atoms with Crippen LogP contribution in [-0.2, 0) is 4.74 Å². The van der Waals surface area contributed by atoms with Crippen molar-refractivity contribution in [1.82, 2.24) is 15.1 Å². The Morgan fingerprint density at radius 2 is 1.95 bits per heavy atom. The van der Waals surface area contributed by atoms with Crippen LogP contribution in [0.4, 0.5) is 0 Å². The molecule has 112 valence electrons. The van der Waals surface area contributed by atoms with Gasteiger partial charge in [0.05, 0.1) is 6.61 Å². The third-order valence-electron chi connectivity index (χ3n) is 4.49. The Morgan fingerprint density at radius 1 is 1.21 bits per heavy atom. The van der Waals surface area contributed by atoms with Gasteiger partial charge in [0.15, 0.2) is 0 Å². The number of hydrogen-bond acceptors (Lipinski definition) is 4. The summed E-state index contributed by atoms with van der Waals surface area (Å²) in [7, 11) is 1.82. The number of likely N-dealkylation sites (tertiary alicyclic amines) is 2. The first-order valence-electron chi connectivity index (χ1n) is 7.91. The minimum absolute atomic E-state index is 0.528. The van der Waals surface area contributed by atoms with Crippen molar-refractivity contribution in [3.05, 3.63) is 0 Å². The number of methoxy groups -OCH3 is 1. The van der Waals surface area contributed by atoms with Gasteiger partial charge in [0.25, 0.3) is 0 Å². The van der Waals surface area contributed by atoms with E-state index in [1.165, 1.54) is 45.4 Å². The van der Waals surface area contributed by atoms with Crippen LogP contribution in [0.15, 0.2) is 0 Å². The van der Waals surface area contributed by atoms with Crippen LogP contribution >= 0.6 is 0 Å². The molecule has 0 saturated carbocycles. The van der Waals surface area contributed by atoms with Gasteiger partial charge in [-0.3, -0.25) is 9.80 Å². The maximum absolute atomic E-state index is 5.41. The van der Waals surface area contributed by atoms with Crippen molar-refractivity contribution < 1.29 is 4.74 Å². The number of ether oxygens (including phenoxy) is 1. The van der Waals surface area contributed by atoms with Crippen molar-refractivity contribution in [3.8, 4) is 0 Å². The van der Waals surface area contributed by atoms with E-state index in [4.69, 9.17) is 4.74 Å². The molecule has 4 heteroatoms. The Kier molecular flexibility index (Phi) is 6.07. The molecule has 0 spiro atoms. The molecule has 2 aliphatic heterocycles. The molecule has 2 saturated heterocycles. The number of nitrogens with one attached hydrogen (secondary N) is 1. The monoisotopic (exact) mass is 269 g/mol. The average molecular weight is 269 g/mol. The molecular formula is C15H31N3O. The molecule has 4 nitrogen and oxygen atoms in total. The van der Waals surface area contributed by atoms with E-state index in [-0.39, 0.29) is 0 Å². The van der Waals surface area contributed by atoms with Crippen molar-refractivity contribution in [2.24, 2.45) is 0 Å². The van der Waals surface area contributed by atoms with Gasteiger partial charge in [-0.1, -0.05) is 13.8 Å². The van der Waals surface area contributed by atoms with Gasteiger partial charge in [-0.25, -0.2) is 0 Å². The van der Waals surface area contributed by atoms with Gasteiger partial charge in [0.2, 0.25) is 0 Å². The normalized spacial score (nSPS) is 27.5. The van der Waals surface area contributed by atoms with Gasteiger partial charge >= 0.3 is 0 Å². The summed E-state index contributed by atoms with van der Waals surface area (Å²) in [5.74, 6) is 0. The van der Waals surface area contributed by atoms with Crippen LogP contribution in [0.2, 0.25) is 0 Å². The quantitative estimate of drug-likeness (QED) is 0.751. The molecule has 2 unspecified atom stereocenters. The van der Waals surface area contributed by atoms with Crippen molar-refractivity contribution in [2.45, 2.75) is 51.2 Å². The maximum Gasteiger partial charge on any atom is 0.0630 e. The SMILES string of the molecule is COCC(CNC(C)C)N1CCC(N2CCCC2)C1. The second kappa shape index (κ2) is 7.58. The van der Waals surface area contributed by atoms with E-state index in [2.05, 4.69) is 29.0 Å². The first-order valence-corrected chi connectivity index (χ1v) is 7.91. The molecule has 2 rings (SSSR count). The summed E-state index contributed by atoms with van der Waals surface area (Å²) in [5, 5.41) is 3.56. The highest BCUT2D eigenvalue weighted by atomic mass is 16.5. The molecule has 1 N–H and O–H groups in total. The molecule has 0 aromatic heterocycles. The molecule has 0 aliphatic carbocycles. The van der Waals surface area contributed by atoms with Crippen LogP contribution < -0.4 is 5.32 Å². The van der Waals surface area contributed by atoms with Gasteiger partial charge in [-0.2, -0.15) is 0 Å². The molecule has 0 radical (unpaired) electrons. The van der Waals surface area contributed by atoms with Crippen LogP contribution in [-0.4, -0.2) is 74.4 Å². The Hall–Kier alpha value is -0.160. The summed E-state index contributed by atoms with van der Waals surface area (Å²) in [5.41, 5.74) is 0. The summed E-state index contributed by atoms with van der Waals surface area (Å²) in [4.78, 5) is 5.32. The Balaban J connectivity index is 1.81. The van der Waals surface area contributed by atoms with Gasteiger partial charge in [0, 0.05) is 44.9 Å². The predicted molar refractivity (Wildman–Crippen MR) is 79.6 cm³/mol. The van der Waals surface area contributed by atoms with E-state index >= 15 is 0 Å². The number of rotatable bonds is 7. The van der Waals surface area contributed by atoms with E-state index in [1.54, 1.807) is 0 Å². The fourth-order valence-corrected chi connectivity index (χ4v) is 3.36. The highest BCUT2D eigenvalue weighted by Gasteiger charge is 2.32. The zero-order chi connectivity index (χ0) is 13.7. The fraction of sp³-hybridized carbons (Fsp3) is 1.00. The third kappa shape index (κ3) is 4.42. The minimum Gasteiger partial charge on any atom is -0.383 e. The minimum atomic E-state index is 0.528. The summed E-state index contributed by atoms with van der Waals surface area (Å²) < 4.78 is 5.41. The zero-order valence-electron chi connectivity index (χ0n) is 12.9. The molecule has 2 heterocycles. The summed E-state index contributed by atoms with van der Waals surface area (Å²) in [6.07, 6.45) is 4.13. The lowest BCUT2D eigenvalue weighted by Crippen LogP contribution is -2.47. The lowest BCUT2D eigenvalue weighted by atomic mass is 10.2. The highest BCUT2D eigenvalue weighted by molar-refractivity contribution is 4.89. The fourth-order valence-electron chi connectivity index (χ4n) is 3.36. The van der Waals surface area contributed by atoms with E-state index in [1.807, 2.05) is 7.11 Å². The molecule has 0 aromatic rings. The summed E-state index contributed by atoms with van der Waals surface area (Å²) in [6.45, 7) is 11.4. The highest BCUT2D eigenvalue weighted by Crippen LogP contribution is 2.21. The maximum atomic E-state index is 5.41. The van der Waals surface area contributed by atoms with Crippen molar-refractivity contribution in [2.75, 3.05) is 46.4 Å². The van der Waals surface area contributed by atoms with Gasteiger partial charge in [-0.15, -0.1) is 0 Å². The molecule has 2 aliphatic rings. The van der Waals surface area contributed by atoms with Crippen molar-refractivity contribution in [3.63, 3.8) is 0 Å². The molecule has 2 atom stereocenters. The first kappa shape index (κ1) is 15.2. The Labute approximate surface area is 118 Å². The van der Waals surface area contributed by atoms with Crippen LogP contribution in [0.5, 0.6) is 0 Å². The van der Waals surface area contributed by atoms with Crippen LogP contribution in [0.1, 0.15) is 33.1 Å². The summed E-state index contributed by atoms with van der Waals surface area (Å²) >= 11 is 0. The lowest BCUT2D eigenvalue weighted by Gasteiger charge is -2.30. The van der Waals surface area contributed by atoms with Gasteiger partial charge < -0.3 is 10.1 Å². The molecular weight excluding hydrogens is 238 g/mol. The summed E-state index contributed by atoms with van der Waals surface area (Å²) in [6, 6.07) is 1.87. The Morgan fingerprint density at radius 3 is 2.58 bits per heavy atom. The topological polar surface area (TPSA) is 27.7 Å². The van der Waals surface area contributed by atoms with Crippen LogP contribution in [0.3, 0.4) is 0 Å². The Bertz CT molecular complexity index is 254. The molecule has 19 heavy (non-hydrogen) atoms. The van der Waals surface area contributed by atoms with E-state index in [9.17, 15) is 0 Å². The predicted octanol–water partition coefficient (Wildman–Crippen LogP) is 1.17. The van der Waals surface area contributed by atoms with Crippen molar-refractivity contribution in [1.29, 1.82) is 0 Å². The third-order valence-corrected chi connectivity index (χ3v) is 4.49. The number of hydrogen-bond donors (Lipinski definition) is 1. The smallest absolute Gasteiger partial charge is 0.0630 e. The second-order valence-corrected chi connectivity index (χ2v) is 6.35. The van der Waals surface area contributed by atoms with E-state index in [0.717, 1.165) is 19.2 Å². The average Bonchev–Trinajstić information content (AvgIpc) is 3.03. The number of nitrogens with zero attached hydrogens (tertiary/aromatic N) is 2. The molecule has 0 bridgehead atoms. The molecule has 2 fully saturated rings. The van der Waals surface area contributed by atoms with Crippen LogP contribution in [0, 0.1) is 0 Å². The zero-order valence-corrected chi connectivity index (χ0v) is 12.9. The van der Waals surface area contributed by atoms with Gasteiger partial charge in [-0.05, 0) is 32.4 Å².